The van der Waals surface area contributed by atoms with E-state index in [1.165, 1.54) is 0 Å². The monoisotopic (exact) mass is 308 g/mol. The summed E-state index contributed by atoms with van der Waals surface area (Å²) in [5.74, 6) is 0.784. The first-order valence-corrected chi connectivity index (χ1v) is 7.42. The van der Waals surface area contributed by atoms with Crippen molar-refractivity contribution in [2.45, 2.75) is 19.4 Å². The fourth-order valence-electron chi connectivity index (χ4n) is 2.80. The van der Waals surface area contributed by atoms with Crippen LogP contribution in [0.5, 0.6) is 5.75 Å². The summed E-state index contributed by atoms with van der Waals surface area (Å²) in [6, 6.07) is 5.41. The molecule has 2 aliphatic rings. The number of ether oxygens (including phenoxy) is 1. The van der Waals surface area contributed by atoms with Crippen LogP contribution >= 0.6 is 11.6 Å². The molecule has 21 heavy (non-hydrogen) atoms. The molecule has 0 aromatic heterocycles. The topological polar surface area (TPSA) is 49.9 Å². The third kappa shape index (κ3) is 2.83. The summed E-state index contributed by atoms with van der Waals surface area (Å²) >= 11 is 5.96. The van der Waals surface area contributed by atoms with Crippen molar-refractivity contribution < 1.29 is 14.3 Å². The van der Waals surface area contributed by atoms with E-state index in [1.807, 2.05) is 6.07 Å². The van der Waals surface area contributed by atoms with E-state index in [1.54, 1.807) is 28.9 Å². The zero-order valence-electron chi connectivity index (χ0n) is 11.8. The molecule has 0 saturated carbocycles. The Labute approximate surface area is 128 Å². The number of piperazine rings is 1. The number of nitrogens with zero attached hydrogens (tertiary/aromatic N) is 2. The summed E-state index contributed by atoms with van der Waals surface area (Å²) in [5, 5.41) is 0.653. The van der Waals surface area contributed by atoms with Crippen LogP contribution in [0.25, 0.3) is 0 Å². The second-order valence-electron chi connectivity index (χ2n) is 5.39. The van der Waals surface area contributed by atoms with E-state index in [4.69, 9.17) is 16.3 Å². The number of amides is 2. The minimum Gasteiger partial charge on any atom is -0.480 e. The SMILES string of the molecule is CC(=O)N1CCN(C(=O)[C@@H]2Cc3cc(Cl)ccc3O2)CC1. The molecule has 1 aromatic rings. The van der Waals surface area contributed by atoms with Crippen molar-refractivity contribution >= 4 is 23.4 Å². The van der Waals surface area contributed by atoms with Gasteiger partial charge >= 0.3 is 0 Å². The van der Waals surface area contributed by atoms with Crippen LogP contribution in [0, 0.1) is 0 Å². The van der Waals surface area contributed by atoms with Crippen LogP contribution < -0.4 is 4.74 Å². The number of halogens is 1. The van der Waals surface area contributed by atoms with Crippen molar-refractivity contribution in [3.8, 4) is 5.75 Å². The number of hydrogen-bond donors (Lipinski definition) is 0. The van der Waals surface area contributed by atoms with Gasteiger partial charge in [0.2, 0.25) is 5.91 Å². The molecule has 0 N–H and O–H groups in total. The third-order valence-electron chi connectivity index (χ3n) is 4.01. The van der Waals surface area contributed by atoms with Gasteiger partial charge in [-0.2, -0.15) is 0 Å². The number of benzene rings is 1. The van der Waals surface area contributed by atoms with Crippen LogP contribution in [0.4, 0.5) is 0 Å². The normalized spacial score (nSPS) is 21.0. The Hall–Kier alpha value is -1.75. The predicted molar refractivity (Wildman–Crippen MR) is 78.4 cm³/mol. The van der Waals surface area contributed by atoms with Gasteiger partial charge in [0.15, 0.2) is 6.10 Å². The minimum absolute atomic E-state index is 0.00877. The smallest absolute Gasteiger partial charge is 0.264 e. The van der Waals surface area contributed by atoms with E-state index in [-0.39, 0.29) is 11.8 Å². The van der Waals surface area contributed by atoms with Crippen molar-refractivity contribution in [3.05, 3.63) is 28.8 Å². The van der Waals surface area contributed by atoms with Crippen molar-refractivity contribution in [1.82, 2.24) is 9.80 Å². The van der Waals surface area contributed by atoms with Gasteiger partial charge in [-0.25, -0.2) is 0 Å². The number of fused-ring (bicyclic) bond motifs is 1. The Morgan fingerprint density at radius 1 is 1.19 bits per heavy atom. The highest BCUT2D eigenvalue weighted by molar-refractivity contribution is 6.30. The number of rotatable bonds is 1. The van der Waals surface area contributed by atoms with Gasteiger partial charge in [-0.1, -0.05) is 11.6 Å². The third-order valence-corrected chi connectivity index (χ3v) is 4.24. The number of hydrogen-bond acceptors (Lipinski definition) is 3. The molecule has 3 rings (SSSR count). The van der Waals surface area contributed by atoms with Gasteiger partial charge in [-0.3, -0.25) is 9.59 Å². The summed E-state index contributed by atoms with van der Waals surface area (Å²) < 4.78 is 5.72. The highest BCUT2D eigenvalue weighted by Crippen LogP contribution is 2.31. The quantitative estimate of drug-likeness (QED) is 0.786. The van der Waals surface area contributed by atoms with Crippen LogP contribution in [0.1, 0.15) is 12.5 Å². The van der Waals surface area contributed by atoms with Gasteiger partial charge in [0.05, 0.1) is 0 Å². The zero-order valence-corrected chi connectivity index (χ0v) is 12.6. The van der Waals surface area contributed by atoms with E-state index in [2.05, 4.69) is 0 Å². The summed E-state index contributed by atoms with van der Waals surface area (Å²) in [6.07, 6.45) is 0.0871. The maximum Gasteiger partial charge on any atom is 0.264 e. The average molecular weight is 309 g/mol. The molecule has 0 unspecified atom stereocenters. The lowest BCUT2D eigenvalue weighted by molar-refractivity contribution is -0.143. The molecule has 0 spiro atoms. The van der Waals surface area contributed by atoms with Crippen molar-refractivity contribution in [2.75, 3.05) is 26.2 Å². The van der Waals surface area contributed by atoms with Gasteiger partial charge in [0, 0.05) is 44.5 Å². The van der Waals surface area contributed by atoms with Gasteiger partial charge in [-0.15, -0.1) is 0 Å². The highest BCUT2D eigenvalue weighted by atomic mass is 35.5. The molecule has 1 saturated heterocycles. The fraction of sp³-hybridized carbons (Fsp3) is 0.467. The first-order valence-electron chi connectivity index (χ1n) is 7.04. The molecule has 2 aliphatic heterocycles. The van der Waals surface area contributed by atoms with Crippen LogP contribution in [-0.4, -0.2) is 53.9 Å². The lowest BCUT2D eigenvalue weighted by Gasteiger charge is -2.35. The van der Waals surface area contributed by atoms with Crippen molar-refractivity contribution in [1.29, 1.82) is 0 Å². The molecule has 0 radical (unpaired) electrons. The summed E-state index contributed by atoms with van der Waals surface area (Å²) in [7, 11) is 0. The Morgan fingerprint density at radius 2 is 1.86 bits per heavy atom. The maximum absolute atomic E-state index is 12.5. The summed E-state index contributed by atoms with van der Waals surface area (Å²) in [6.45, 7) is 3.86. The molecule has 112 valence electrons. The van der Waals surface area contributed by atoms with Crippen LogP contribution in [0.3, 0.4) is 0 Å². The maximum atomic E-state index is 12.5. The molecule has 1 atom stereocenters. The molecule has 1 fully saturated rings. The Balaban J connectivity index is 1.62. The Bertz CT molecular complexity index is 582. The Kier molecular flexibility index (Phi) is 3.76. The van der Waals surface area contributed by atoms with E-state index in [9.17, 15) is 9.59 Å². The van der Waals surface area contributed by atoms with Gasteiger partial charge in [0.25, 0.3) is 5.91 Å². The molecule has 6 heteroatoms. The largest absolute Gasteiger partial charge is 0.480 e. The fourth-order valence-corrected chi connectivity index (χ4v) is 2.99. The minimum atomic E-state index is -0.470. The summed E-state index contributed by atoms with van der Waals surface area (Å²) in [5.41, 5.74) is 0.975. The molecule has 2 amide bonds. The van der Waals surface area contributed by atoms with Crippen LogP contribution in [0.2, 0.25) is 5.02 Å². The lowest BCUT2D eigenvalue weighted by atomic mass is 10.1. The first kappa shape index (κ1) is 14.2. The summed E-state index contributed by atoms with van der Waals surface area (Å²) in [4.78, 5) is 27.3. The first-order chi connectivity index (χ1) is 10.0. The number of carbonyl (C=O) groups excluding carboxylic acids is 2. The van der Waals surface area contributed by atoms with Crippen LogP contribution in [0.15, 0.2) is 18.2 Å². The standard InChI is InChI=1S/C15H17ClN2O3/c1-10(19)17-4-6-18(7-5-17)15(20)14-9-11-8-12(16)2-3-13(11)21-14/h2-3,8,14H,4-7,9H2,1H3/t14-/m0/s1. The molecule has 0 aliphatic carbocycles. The van der Waals surface area contributed by atoms with Crippen LogP contribution in [-0.2, 0) is 16.0 Å². The van der Waals surface area contributed by atoms with Crippen molar-refractivity contribution in [2.24, 2.45) is 0 Å². The average Bonchev–Trinajstić information content (AvgIpc) is 2.89. The molecule has 0 bridgehead atoms. The second-order valence-corrected chi connectivity index (χ2v) is 5.83. The molecule has 5 nitrogen and oxygen atoms in total. The zero-order chi connectivity index (χ0) is 15.0. The number of carbonyl (C=O) groups is 2. The highest BCUT2D eigenvalue weighted by Gasteiger charge is 2.34. The van der Waals surface area contributed by atoms with E-state index in [0.29, 0.717) is 37.6 Å². The van der Waals surface area contributed by atoms with Gasteiger partial charge in [-0.05, 0) is 23.8 Å². The van der Waals surface area contributed by atoms with Crippen molar-refractivity contribution in [3.63, 3.8) is 0 Å². The molecular formula is C15H17ClN2O3. The van der Waals surface area contributed by atoms with E-state index in [0.717, 1.165) is 11.3 Å². The van der Waals surface area contributed by atoms with E-state index >= 15 is 0 Å². The molecular weight excluding hydrogens is 292 g/mol. The van der Waals surface area contributed by atoms with E-state index < -0.39 is 6.10 Å². The second kappa shape index (κ2) is 5.56. The predicted octanol–water partition coefficient (Wildman–Crippen LogP) is 1.33. The van der Waals surface area contributed by atoms with Gasteiger partial charge in [0.1, 0.15) is 5.75 Å². The lowest BCUT2D eigenvalue weighted by Crippen LogP contribution is -2.53. The Morgan fingerprint density at radius 3 is 2.52 bits per heavy atom. The molecule has 1 aromatic carbocycles. The van der Waals surface area contributed by atoms with Gasteiger partial charge < -0.3 is 14.5 Å². The molecule has 2 heterocycles.